The number of amides is 2. The van der Waals surface area contributed by atoms with E-state index in [0.717, 1.165) is 18.8 Å². The van der Waals surface area contributed by atoms with Crippen LogP contribution in [0.4, 0.5) is 5.69 Å². The number of hydrogen-bond acceptors (Lipinski definition) is 5. The number of imide groups is 1. The minimum atomic E-state index is -0.563. The van der Waals surface area contributed by atoms with Crippen molar-refractivity contribution in [2.45, 2.75) is 24.9 Å². The molecule has 6 nitrogen and oxygen atoms in total. The summed E-state index contributed by atoms with van der Waals surface area (Å²) in [6, 6.07) is 8.21. The zero-order chi connectivity index (χ0) is 14.7. The third kappa shape index (κ3) is 3.40. The van der Waals surface area contributed by atoms with Gasteiger partial charge in [0.1, 0.15) is 0 Å². The molecule has 0 spiro atoms. The molecule has 2 fully saturated rings. The van der Waals surface area contributed by atoms with Crippen LogP contribution >= 0.6 is 0 Å². The molecule has 112 valence electrons. The summed E-state index contributed by atoms with van der Waals surface area (Å²) in [4.78, 5) is 22.7. The molecule has 2 heterocycles. The molecule has 0 bridgehead atoms. The van der Waals surface area contributed by atoms with Gasteiger partial charge in [0.15, 0.2) is 6.17 Å². The van der Waals surface area contributed by atoms with E-state index >= 15 is 0 Å². The molecule has 2 amide bonds. The molecule has 2 saturated heterocycles. The molecule has 0 aromatic heterocycles. The number of rotatable bonds is 3. The second kappa shape index (κ2) is 6.24. The smallest absolute Gasteiger partial charge is 0.264 e. The number of benzene rings is 1. The van der Waals surface area contributed by atoms with E-state index in [9.17, 15) is 9.59 Å². The van der Waals surface area contributed by atoms with Gasteiger partial charge in [-0.1, -0.05) is 12.1 Å². The average Bonchev–Trinajstić information content (AvgIpc) is 2.52. The molecule has 3 rings (SSSR count). The molecule has 2 aliphatic rings. The van der Waals surface area contributed by atoms with E-state index in [2.05, 4.69) is 33.4 Å². The van der Waals surface area contributed by atoms with Crippen molar-refractivity contribution in [1.82, 2.24) is 16.0 Å². The molecule has 6 heteroatoms. The maximum absolute atomic E-state index is 11.7. The van der Waals surface area contributed by atoms with Crippen molar-refractivity contribution in [2.75, 3.05) is 25.0 Å². The molecule has 1 aromatic carbocycles. The van der Waals surface area contributed by atoms with Gasteiger partial charge in [0.25, 0.3) is 5.91 Å². The predicted molar refractivity (Wildman–Crippen MR) is 79.8 cm³/mol. The van der Waals surface area contributed by atoms with E-state index in [0.29, 0.717) is 5.92 Å². The monoisotopic (exact) mass is 288 g/mol. The first-order valence-corrected chi connectivity index (χ1v) is 7.37. The fourth-order valence-corrected chi connectivity index (χ4v) is 2.83. The Bertz CT molecular complexity index is 523. The highest BCUT2D eigenvalue weighted by molar-refractivity contribution is 6.01. The molecule has 0 aliphatic carbocycles. The Labute approximate surface area is 123 Å². The highest BCUT2D eigenvalue weighted by Crippen LogP contribution is 2.26. The Balaban J connectivity index is 1.61. The van der Waals surface area contributed by atoms with E-state index in [1.807, 2.05) is 12.1 Å². The summed E-state index contributed by atoms with van der Waals surface area (Å²) in [5.74, 6) is -0.0120. The van der Waals surface area contributed by atoms with Gasteiger partial charge < -0.3 is 10.6 Å². The topological polar surface area (TPSA) is 82.3 Å². The van der Waals surface area contributed by atoms with Crippen molar-refractivity contribution in [3.05, 3.63) is 29.8 Å². The van der Waals surface area contributed by atoms with Crippen molar-refractivity contribution >= 4 is 17.5 Å². The SMILES string of the molecule is O=C1CNC(Nc2ccc(C3CCNCC3)cc2)C(=O)N1. The number of hydrogen-bond donors (Lipinski definition) is 4. The van der Waals surface area contributed by atoms with Crippen LogP contribution in [0.1, 0.15) is 24.3 Å². The zero-order valence-electron chi connectivity index (χ0n) is 11.8. The van der Waals surface area contributed by atoms with Gasteiger partial charge in [-0.25, -0.2) is 0 Å². The Morgan fingerprint density at radius 2 is 1.76 bits per heavy atom. The fourth-order valence-electron chi connectivity index (χ4n) is 2.83. The van der Waals surface area contributed by atoms with E-state index < -0.39 is 6.17 Å². The maximum Gasteiger partial charge on any atom is 0.264 e. The molecule has 2 aliphatic heterocycles. The first-order chi connectivity index (χ1) is 10.2. The van der Waals surface area contributed by atoms with Crippen LogP contribution in [0.25, 0.3) is 0 Å². The van der Waals surface area contributed by atoms with Gasteiger partial charge in [-0.2, -0.15) is 0 Å². The third-order valence-electron chi connectivity index (χ3n) is 4.02. The van der Waals surface area contributed by atoms with Crippen LogP contribution in [0.2, 0.25) is 0 Å². The quantitative estimate of drug-likeness (QED) is 0.595. The lowest BCUT2D eigenvalue weighted by atomic mass is 9.90. The number of piperidine rings is 1. The summed E-state index contributed by atoms with van der Waals surface area (Å²) >= 11 is 0. The summed E-state index contributed by atoms with van der Waals surface area (Å²) < 4.78 is 0. The minimum absolute atomic E-state index is 0.149. The zero-order valence-corrected chi connectivity index (χ0v) is 11.8. The van der Waals surface area contributed by atoms with Gasteiger partial charge in [0, 0.05) is 5.69 Å². The van der Waals surface area contributed by atoms with Gasteiger partial charge in [-0.15, -0.1) is 0 Å². The van der Waals surface area contributed by atoms with Crippen molar-refractivity contribution in [3.8, 4) is 0 Å². The Morgan fingerprint density at radius 1 is 1.05 bits per heavy atom. The van der Waals surface area contributed by atoms with Crippen LogP contribution in [0.3, 0.4) is 0 Å². The van der Waals surface area contributed by atoms with Crippen molar-refractivity contribution in [2.24, 2.45) is 0 Å². The lowest BCUT2D eigenvalue weighted by Gasteiger charge is -2.25. The van der Waals surface area contributed by atoms with Crippen LogP contribution < -0.4 is 21.3 Å². The second-order valence-corrected chi connectivity index (χ2v) is 5.52. The summed E-state index contributed by atoms with van der Waals surface area (Å²) in [5.41, 5.74) is 2.22. The molecule has 0 saturated carbocycles. The van der Waals surface area contributed by atoms with Gasteiger partial charge in [0.2, 0.25) is 5.91 Å². The molecular formula is C15H20N4O2. The van der Waals surface area contributed by atoms with Crippen molar-refractivity contribution < 1.29 is 9.59 Å². The lowest BCUT2D eigenvalue weighted by molar-refractivity contribution is -0.133. The first-order valence-electron chi connectivity index (χ1n) is 7.37. The number of carbonyl (C=O) groups is 2. The van der Waals surface area contributed by atoms with Crippen molar-refractivity contribution in [1.29, 1.82) is 0 Å². The van der Waals surface area contributed by atoms with Gasteiger partial charge >= 0.3 is 0 Å². The third-order valence-corrected chi connectivity index (χ3v) is 4.02. The molecule has 1 atom stereocenters. The minimum Gasteiger partial charge on any atom is -0.362 e. The van der Waals surface area contributed by atoms with Crippen LogP contribution in [0.15, 0.2) is 24.3 Å². The van der Waals surface area contributed by atoms with Crippen LogP contribution in [-0.2, 0) is 9.59 Å². The van der Waals surface area contributed by atoms with E-state index in [1.54, 1.807) is 0 Å². The lowest BCUT2D eigenvalue weighted by Crippen LogP contribution is -2.59. The van der Waals surface area contributed by atoms with Crippen LogP contribution in [0.5, 0.6) is 0 Å². The number of carbonyl (C=O) groups excluding carboxylic acids is 2. The normalized spacial score (nSPS) is 23.7. The maximum atomic E-state index is 11.7. The highest BCUT2D eigenvalue weighted by atomic mass is 16.2. The Kier molecular flexibility index (Phi) is 4.17. The van der Waals surface area contributed by atoms with E-state index in [1.165, 1.54) is 18.4 Å². The summed E-state index contributed by atoms with van der Waals surface area (Å²) in [7, 11) is 0. The molecule has 21 heavy (non-hydrogen) atoms. The Hall–Kier alpha value is -1.92. The second-order valence-electron chi connectivity index (χ2n) is 5.52. The van der Waals surface area contributed by atoms with E-state index in [-0.39, 0.29) is 18.4 Å². The van der Waals surface area contributed by atoms with Crippen LogP contribution in [-0.4, -0.2) is 37.6 Å². The largest absolute Gasteiger partial charge is 0.362 e. The first kappa shape index (κ1) is 14.0. The summed E-state index contributed by atoms with van der Waals surface area (Å²) in [6.07, 6.45) is 1.77. The molecule has 4 N–H and O–H groups in total. The molecule has 1 aromatic rings. The van der Waals surface area contributed by atoms with Crippen molar-refractivity contribution in [3.63, 3.8) is 0 Å². The van der Waals surface area contributed by atoms with E-state index in [4.69, 9.17) is 0 Å². The summed E-state index contributed by atoms with van der Waals surface area (Å²) in [6.45, 7) is 2.30. The highest BCUT2D eigenvalue weighted by Gasteiger charge is 2.25. The van der Waals surface area contributed by atoms with Gasteiger partial charge in [-0.3, -0.25) is 20.2 Å². The van der Waals surface area contributed by atoms with Gasteiger partial charge in [0.05, 0.1) is 6.54 Å². The fraction of sp³-hybridized carbons (Fsp3) is 0.467. The molecule has 0 radical (unpaired) electrons. The standard InChI is InChI=1S/C15H20N4O2/c20-13-9-17-14(15(21)19-13)18-12-3-1-10(2-4-12)11-5-7-16-8-6-11/h1-4,11,14,16-18H,5-9H2,(H,19,20,21). The number of nitrogens with one attached hydrogen (secondary N) is 4. The van der Waals surface area contributed by atoms with Gasteiger partial charge in [-0.05, 0) is 49.5 Å². The molecular weight excluding hydrogens is 268 g/mol. The summed E-state index contributed by atoms with van der Waals surface area (Å²) in [5, 5.41) is 11.6. The molecule has 1 unspecified atom stereocenters. The number of piperazine rings is 1. The Morgan fingerprint density at radius 3 is 2.43 bits per heavy atom. The average molecular weight is 288 g/mol. The van der Waals surface area contributed by atoms with Crippen LogP contribution in [0, 0.1) is 0 Å². The predicted octanol–water partition coefficient (Wildman–Crippen LogP) is 0.138. The number of anilines is 1.